The van der Waals surface area contributed by atoms with Crippen LogP contribution in [-0.4, -0.2) is 35.7 Å². The zero-order valence-electron chi connectivity index (χ0n) is 18.4. The highest BCUT2D eigenvalue weighted by molar-refractivity contribution is 7.59. The van der Waals surface area contributed by atoms with Crippen molar-refractivity contribution in [1.29, 1.82) is 10.5 Å². The fraction of sp³-hybridized carbons (Fsp3) is 0.167. The van der Waals surface area contributed by atoms with Crippen LogP contribution in [0.3, 0.4) is 0 Å². The van der Waals surface area contributed by atoms with Crippen molar-refractivity contribution in [3.8, 4) is 17.8 Å². The molecule has 1 fully saturated rings. The van der Waals surface area contributed by atoms with Gasteiger partial charge in [0.2, 0.25) is 0 Å². The number of fused-ring (bicyclic) bond motifs is 2. The summed E-state index contributed by atoms with van der Waals surface area (Å²) in [6.07, 6.45) is 6.45. The van der Waals surface area contributed by atoms with Crippen LogP contribution in [0.25, 0.3) is 22.2 Å². The lowest BCUT2D eigenvalue weighted by Gasteiger charge is -2.27. The lowest BCUT2D eigenvalue weighted by atomic mass is 10.1. The minimum Gasteiger partial charge on any atom is -0.346 e. The molecule has 0 saturated carbocycles. The molecule has 0 radical (unpaired) electrons. The normalized spacial score (nSPS) is 15.1. The number of rotatable bonds is 3. The number of benzene rings is 1. The van der Waals surface area contributed by atoms with E-state index in [0.717, 1.165) is 12.8 Å². The monoisotopic (exact) mass is 481 g/mol. The zero-order valence-corrected chi connectivity index (χ0v) is 19.4. The molecule has 1 atom stereocenters. The third-order valence-electron chi connectivity index (χ3n) is 6.22. The van der Waals surface area contributed by atoms with Gasteiger partial charge in [0.05, 0.1) is 34.3 Å². The van der Waals surface area contributed by atoms with Crippen LogP contribution >= 0.6 is 13.5 Å². The third kappa shape index (κ3) is 3.41. The van der Waals surface area contributed by atoms with Gasteiger partial charge in [-0.05, 0) is 43.2 Å². The SMILES string of the molecule is N#Cc1cccc(-n2c([C@@H]3CCCN3c3ncnc4[nH]cc(C#N)c34)nn3cccc3c2=O)c1.S. The maximum absolute atomic E-state index is 13.6. The first-order chi connectivity index (χ1) is 16.7. The molecular weight excluding hydrogens is 462 g/mol. The molecule has 10 nitrogen and oxygen atoms in total. The quantitative estimate of drug-likeness (QED) is 0.419. The molecule has 1 aliphatic rings. The Labute approximate surface area is 206 Å². The van der Waals surface area contributed by atoms with Crippen molar-refractivity contribution in [3.63, 3.8) is 0 Å². The van der Waals surface area contributed by atoms with E-state index in [1.165, 1.54) is 6.33 Å². The summed E-state index contributed by atoms with van der Waals surface area (Å²) in [4.78, 5) is 27.5. The van der Waals surface area contributed by atoms with Crippen molar-refractivity contribution >= 4 is 35.9 Å². The zero-order chi connectivity index (χ0) is 23.2. The van der Waals surface area contributed by atoms with Gasteiger partial charge in [0, 0.05) is 18.9 Å². The Morgan fingerprint density at radius 3 is 2.83 bits per heavy atom. The minimum atomic E-state index is -0.273. The summed E-state index contributed by atoms with van der Waals surface area (Å²) >= 11 is 0. The molecule has 1 aromatic carbocycles. The summed E-state index contributed by atoms with van der Waals surface area (Å²) in [5, 5.41) is 24.5. The molecule has 5 heterocycles. The number of anilines is 1. The number of aromatic nitrogens is 6. The van der Waals surface area contributed by atoms with E-state index in [4.69, 9.17) is 5.10 Å². The van der Waals surface area contributed by atoms with Crippen LogP contribution in [0.1, 0.15) is 35.8 Å². The van der Waals surface area contributed by atoms with Crippen molar-refractivity contribution in [2.24, 2.45) is 0 Å². The maximum atomic E-state index is 13.6. The summed E-state index contributed by atoms with van der Waals surface area (Å²) in [5.74, 6) is 1.17. The van der Waals surface area contributed by atoms with E-state index in [9.17, 15) is 15.3 Å². The number of H-pyrrole nitrogens is 1. The van der Waals surface area contributed by atoms with E-state index in [2.05, 4.69) is 32.0 Å². The Kier molecular flexibility index (Phi) is 5.47. The predicted molar refractivity (Wildman–Crippen MR) is 134 cm³/mol. The van der Waals surface area contributed by atoms with Crippen molar-refractivity contribution in [2.45, 2.75) is 18.9 Å². The molecule has 1 saturated heterocycles. The molecular formula is C24H19N9OS. The van der Waals surface area contributed by atoms with Gasteiger partial charge < -0.3 is 9.88 Å². The van der Waals surface area contributed by atoms with Crippen LogP contribution in [0.2, 0.25) is 0 Å². The van der Waals surface area contributed by atoms with Crippen LogP contribution in [0.5, 0.6) is 0 Å². The lowest BCUT2D eigenvalue weighted by Crippen LogP contribution is -2.33. The van der Waals surface area contributed by atoms with E-state index in [0.29, 0.717) is 51.6 Å². The second-order valence-electron chi connectivity index (χ2n) is 8.09. The van der Waals surface area contributed by atoms with E-state index >= 15 is 0 Å². The lowest BCUT2D eigenvalue weighted by molar-refractivity contribution is 0.602. The second kappa shape index (κ2) is 8.63. The molecule has 0 aliphatic carbocycles. The highest BCUT2D eigenvalue weighted by atomic mass is 32.1. The van der Waals surface area contributed by atoms with Gasteiger partial charge in [0.15, 0.2) is 5.82 Å². The summed E-state index contributed by atoms with van der Waals surface area (Å²) in [7, 11) is 0. The van der Waals surface area contributed by atoms with Gasteiger partial charge >= 0.3 is 0 Å². The summed E-state index contributed by atoms with van der Waals surface area (Å²) in [5.41, 5.74) is 2.30. The average molecular weight is 482 g/mol. The number of hydrogen-bond acceptors (Lipinski definition) is 7. The average Bonchev–Trinajstić information content (AvgIpc) is 3.62. The van der Waals surface area contributed by atoms with Crippen molar-refractivity contribution in [2.75, 3.05) is 11.4 Å². The first-order valence-corrected chi connectivity index (χ1v) is 10.8. The van der Waals surface area contributed by atoms with E-state index in [1.807, 2.05) is 0 Å². The van der Waals surface area contributed by atoms with Crippen molar-refractivity contribution < 1.29 is 0 Å². The van der Waals surface area contributed by atoms with Crippen LogP contribution < -0.4 is 10.5 Å². The highest BCUT2D eigenvalue weighted by Crippen LogP contribution is 2.38. The number of aromatic amines is 1. The van der Waals surface area contributed by atoms with Crippen LogP contribution in [0.4, 0.5) is 5.82 Å². The molecule has 0 amide bonds. The Balaban J connectivity index is 0.00000253. The fourth-order valence-electron chi connectivity index (χ4n) is 4.72. The first kappa shape index (κ1) is 22.2. The van der Waals surface area contributed by atoms with E-state index in [-0.39, 0.29) is 25.1 Å². The third-order valence-corrected chi connectivity index (χ3v) is 6.22. The van der Waals surface area contributed by atoms with E-state index < -0.39 is 0 Å². The standard InChI is InChI=1S/C24H17N9O.H2S/c25-11-15-4-1-5-17(10-15)33-22(30-32-9-3-7-19(32)24(33)34)18-6-2-8-31(18)23-20-16(12-26)13-27-21(20)28-14-29-23;/h1,3-5,7,9-10,13-14,18H,2,6,8H2,(H,27,28,29);1H2/t18-;/m0./s1. The molecule has 5 aromatic rings. The largest absolute Gasteiger partial charge is 0.346 e. The summed E-state index contributed by atoms with van der Waals surface area (Å²) in [6, 6.07) is 14.5. The van der Waals surface area contributed by atoms with Gasteiger partial charge in [-0.15, -0.1) is 0 Å². The smallest absolute Gasteiger partial charge is 0.282 e. The Bertz CT molecular complexity index is 1720. The summed E-state index contributed by atoms with van der Waals surface area (Å²) in [6.45, 7) is 0.685. The molecule has 1 aliphatic heterocycles. The second-order valence-corrected chi connectivity index (χ2v) is 8.09. The van der Waals surface area contributed by atoms with Gasteiger partial charge in [0.1, 0.15) is 29.4 Å². The van der Waals surface area contributed by atoms with Gasteiger partial charge in [-0.3, -0.25) is 9.36 Å². The van der Waals surface area contributed by atoms with Gasteiger partial charge in [-0.2, -0.15) is 29.1 Å². The van der Waals surface area contributed by atoms with Gasteiger partial charge in [-0.1, -0.05) is 6.07 Å². The molecule has 11 heteroatoms. The number of nitrogens with zero attached hydrogens (tertiary/aromatic N) is 8. The van der Waals surface area contributed by atoms with Gasteiger partial charge in [0.25, 0.3) is 5.56 Å². The molecule has 4 aromatic heterocycles. The molecule has 6 rings (SSSR count). The van der Waals surface area contributed by atoms with E-state index in [1.54, 1.807) is 57.9 Å². The number of nitrogens with one attached hydrogen (secondary N) is 1. The van der Waals surface area contributed by atoms with Crippen molar-refractivity contribution in [3.05, 3.63) is 82.4 Å². The van der Waals surface area contributed by atoms with Crippen LogP contribution in [0, 0.1) is 22.7 Å². The maximum Gasteiger partial charge on any atom is 0.282 e. The van der Waals surface area contributed by atoms with Crippen molar-refractivity contribution in [1.82, 2.24) is 29.1 Å². The molecule has 0 unspecified atom stereocenters. The highest BCUT2D eigenvalue weighted by Gasteiger charge is 2.34. The number of hydrogen-bond donors (Lipinski definition) is 1. The molecule has 1 N–H and O–H groups in total. The molecule has 0 bridgehead atoms. The Morgan fingerprint density at radius 2 is 2.00 bits per heavy atom. The van der Waals surface area contributed by atoms with Crippen LogP contribution in [-0.2, 0) is 0 Å². The van der Waals surface area contributed by atoms with Gasteiger partial charge in [-0.25, -0.2) is 14.5 Å². The number of nitriles is 2. The minimum absolute atomic E-state index is 0. The summed E-state index contributed by atoms with van der Waals surface area (Å²) < 4.78 is 3.17. The molecule has 172 valence electrons. The first-order valence-electron chi connectivity index (χ1n) is 10.8. The molecule has 0 spiro atoms. The topological polar surface area (TPSA) is 132 Å². The Hall–Kier alpha value is -4.61. The molecule has 35 heavy (non-hydrogen) atoms. The fourth-order valence-corrected chi connectivity index (χ4v) is 4.72. The predicted octanol–water partition coefficient (Wildman–Crippen LogP) is 2.95. The Morgan fingerprint density at radius 1 is 1.11 bits per heavy atom. The van der Waals surface area contributed by atoms with Crippen LogP contribution in [0.15, 0.2) is 59.9 Å².